The van der Waals surface area contributed by atoms with E-state index >= 15 is 0 Å². The zero-order valence-electron chi connectivity index (χ0n) is 12.8. The molecule has 1 fully saturated rings. The SMILES string of the molecule is COc1cccc(/C=C/C(=O)N(CC(N)=O)C2CCCC2)c1. The van der Waals surface area contributed by atoms with Crippen LogP contribution in [0.15, 0.2) is 30.3 Å². The van der Waals surface area contributed by atoms with Crippen LogP contribution >= 0.6 is 0 Å². The number of benzene rings is 1. The number of primary amides is 1. The molecule has 0 unspecified atom stereocenters. The molecule has 0 aromatic heterocycles. The van der Waals surface area contributed by atoms with Crippen LogP contribution in [0.25, 0.3) is 6.08 Å². The van der Waals surface area contributed by atoms with Crippen molar-refractivity contribution in [2.45, 2.75) is 31.7 Å². The number of methoxy groups -OCH3 is 1. The Bertz CT molecular complexity index is 563. The van der Waals surface area contributed by atoms with Crippen LogP contribution in [0, 0.1) is 0 Å². The van der Waals surface area contributed by atoms with Crippen molar-refractivity contribution in [2.75, 3.05) is 13.7 Å². The second kappa shape index (κ2) is 7.64. The second-order valence-corrected chi connectivity index (χ2v) is 5.48. The number of nitrogens with two attached hydrogens (primary N) is 1. The van der Waals surface area contributed by atoms with Gasteiger partial charge in [0.1, 0.15) is 5.75 Å². The van der Waals surface area contributed by atoms with Crippen LogP contribution in [0.3, 0.4) is 0 Å². The third-order valence-corrected chi connectivity index (χ3v) is 3.89. The zero-order chi connectivity index (χ0) is 15.9. The summed E-state index contributed by atoms with van der Waals surface area (Å²) in [6, 6.07) is 7.56. The highest BCUT2D eigenvalue weighted by Gasteiger charge is 2.26. The highest BCUT2D eigenvalue weighted by molar-refractivity contribution is 5.94. The van der Waals surface area contributed by atoms with Gasteiger partial charge in [-0.1, -0.05) is 25.0 Å². The van der Waals surface area contributed by atoms with E-state index in [1.165, 1.54) is 6.08 Å². The summed E-state index contributed by atoms with van der Waals surface area (Å²) in [5.74, 6) is 0.0861. The van der Waals surface area contributed by atoms with Crippen molar-refractivity contribution in [2.24, 2.45) is 5.73 Å². The Labute approximate surface area is 130 Å². The molecule has 0 heterocycles. The Balaban J connectivity index is 2.08. The van der Waals surface area contributed by atoms with E-state index in [9.17, 15) is 9.59 Å². The molecule has 5 nitrogen and oxygen atoms in total. The minimum atomic E-state index is -0.477. The molecule has 0 bridgehead atoms. The largest absolute Gasteiger partial charge is 0.497 e. The lowest BCUT2D eigenvalue weighted by atomic mass is 10.1. The first kappa shape index (κ1) is 16.1. The monoisotopic (exact) mass is 302 g/mol. The number of ether oxygens (including phenoxy) is 1. The highest BCUT2D eigenvalue weighted by atomic mass is 16.5. The number of carbonyl (C=O) groups is 2. The lowest BCUT2D eigenvalue weighted by Crippen LogP contribution is -2.43. The molecule has 0 spiro atoms. The van der Waals surface area contributed by atoms with Crippen LogP contribution in [-0.4, -0.2) is 36.4 Å². The van der Waals surface area contributed by atoms with Gasteiger partial charge in [-0.15, -0.1) is 0 Å². The highest BCUT2D eigenvalue weighted by Crippen LogP contribution is 2.23. The number of carbonyl (C=O) groups excluding carboxylic acids is 2. The average Bonchev–Trinajstić information content (AvgIpc) is 3.04. The van der Waals surface area contributed by atoms with E-state index in [-0.39, 0.29) is 18.5 Å². The van der Waals surface area contributed by atoms with Gasteiger partial charge in [-0.3, -0.25) is 9.59 Å². The first-order valence-corrected chi connectivity index (χ1v) is 7.51. The van der Waals surface area contributed by atoms with Gasteiger partial charge in [-0.2, -0.15) is 0 Å². The average molecular weight is 302 g/mol. The van der Waals surface area contributed by atoms with Crippen molar-refractivity contribution in [3.63, 3.8) is 0 Å². The van der Waals surface area contributed by atoms with Gasteiger partial charge in [0, 0.05) is 12.1 Å². The van der Waals surface area contributed by atoms with Gasteiger partial charge in [0.05, 0.1) is 13.7 Å². The normalized spacial score (nSPS) is 15.1. The fraction of sp³-hybridized carbons (Fsp3) is 0.412. The van der Waals surface area contributed by atoms with E-state index < -0.39 is 5.91 Å². The molecule has 2 amide bonds. The van der Waals surface area contributed by atoms with Crippen molar-refractivity contribution in [3.05, 3.63) is 35.9 Å². The van der Waals surface area contributed by atoms with Crippen molar-refractivity contribution in [1.82, 2.24) is 4.90 Å². The number of rotatable bonds is 6. The molecule has 1 aromatic carbocycles. The predicted molar refractivity (Wildman–Crippen MR) is 85.2 cm³/mol. The molecule has 0 aliphatic heterocycles. The van der Waals surface area contributed by atoms with Crippen LogP contribution in [0.5, 0.6) is 5.75 Å². The Morgan fingerprint density at radius 1 is 1.36 bits per heavy atom. The zero-order valence-corrected chi connectivity index (χ0v) is 12.8. The minimum Gasteiger partial charge on any atom is -0.497 e. The maximum Gasteiger partial charge on any atom is 0.247 e. The number of amides is 2. The summed E-state index contributed by atoms with van der Waals surface area (Å²) < 4.78 is 5.15. The maximum absolute atomic E-state index is 12.4. The van der Waals surface area contributed by atoms with E-state index in [0.29, 0.717) is 0 Å². The Hall–Kier alpha value is -2.30. The van der Waals surface area contributed by atoms with Crippen LogP contribution < -0.4 is 10.5 Å². The summed E-state index contributed by atoms with van der Waals surface area (Å²) in [6.45, 7) is -0.0219. The predicted octanol–water partition coefficient (Wildman–Crippen LogP) is 1.96. The van der Waals surface area contributed by atoms with Gasteiger partial charge in [0.2, 0.25) is 11.8 Å². The summed E-state index contributed by atoms with van der Waals surface area (Å²) in [6.07, 6.45) is 7.28. The van der Waals surface area contributed by atoms with Crippen LogP contribution in [0.2, 0.25) is 0 Å². The molecule has 1 aliphatic rings. The van der Waals surface area contributed by atoms with E-state index in [2.05, 4.69) is 0 Å². The van der Waals surface area contributed by atoms with Crippen molar-refractivity contribution in [3.8, 4) is 5.75 Å². The van der Waals surface area contributed by atoms with Gasteiger partial charge < -0.3 is 15.4 Å². The van der Waals surface area contributed by atoms with Crippen LogP contribution in [0.1, 0.15) is 31.2 Å². The number of hydrogen-bond donors (Lipinski definition) is 1. The molecule has 0 atom stereocenters. The Morgan fingerprint density at radius 2 is 2.09 bits per heavy atom. The molecular weight excluding hydrogens is 280 g/mol. The van der Waals surface area contributed by atoms with E-state index in [1.54, 1.807) is 18.1 Å². The summed E-state index contributed by atoms with van der Waals surface area (Å²) in [5, 5.41) is 0. The van der Waals surface area contributed by atoms with Crippen LogP contribution in [0.4, 0.5) is 0 Å². The lowest BCUT2D eigenvalue weighted by molar-refractivity contribution is -0.133. The van der Waals surface area contributed by atoms with Crippen LogP contribution in [-0.2, 0) is 9.59 Å². The fourth-order valence-electron chi connectivity index (χ4n) is 2.78. The smallest absolute Gasteiger partial charge is 0.247 e. The summed E-state index contributed by atoms with van der Waals surface area (Å²) in [5.41, 5.74) is 6.14. The van der Waals surface area contributed by atoms with E-state index in [0.717, 1.165) is 37.0 Å². The van der Waals surface area contributed by atoms with Crippen molar-refractivity contribution < 1.29 is 14.3 Å². The van der Waals surface area contributed by atoms with Gasteiger partial charge in [-0.05, 0) is 36.6 Å². The molecule has 2 N–H and O–H groups in total. The standard InChI is InChI=1S/C17H22N2O3/c1-22-15-8-4-5-13(11-15)9-10-17(21)19(12-16(18)20)14-6-2-3-7-14/h4-5,8-11,14H,2-3,6-7,12H2,1H3,(H2,18,20)/b10-9+. The fourth-order valence-corrected chi connectivity index (χ4v) is 2.78. The molecule has 0 radical (unpaired) electrons. The quantitative estimate of drug-likeness (QED) is 0.816. The number of hydrogen-bond acceptors (Lipinski definition) is 3. The van der Waals surface area contributed by atoms with Crippen molar-refractivity contribution in [1.29, 1.82) is 0 Å². The van der Waals surface area contributed by atoms with Gasteiger partial charge >= 0.3 is 0 Å². The first-order valence-electron chi connectivity index (χ1n) is 7.51. The van der Waals surface area contributed by atoms with Crippen molar-refractivity contribution >= 4 is 17.9 Å². The number of nitrogens with zero attached hydrogens (tertiary/aromatic N) is 1. The molecule has 1 saturated carbocycles. The maximum atomic E-state index is 12.4. The molecular formula is C17H22N2O3. The van der Waals surface area contributed by atoms with E-state index in [1.807, 2.05) is 24.3 Å². The third-order valence-electron chi connectivity index (χ3n) is 3.89. The molecule has 0 saturated heterocycles. The topological polar surface area (TPSA) is 72.6 Å². The first-order chi connectivity index (χ1) is 10.6. The van der Waals surface area contributed by atoms with Gasteiger partial charge in [-0.25, -0.2) is 0 Å². The molecule has 1 aliphatic carbocycles. The lowest BCUT2D eigenvalue weighted by Gasteiger charge is -2.26. The third kappa shape index (κ3) is 4.35. The van der Waals surface area contributed by atoms with Gasteiger partial charge in [0.25, 0.3) is 0 Å². The molecule has 5 heteroatoms. The Morgan fingerprint density at radius 3 is 2.73 bits per heavy atom. The Kier molecular flexibility index (Phi) is 5.58. The summed E-state index contributed by atoms with van der Waals surface area (Å²) >= 11 is 0. The molecule has 1 aromatic rings. The molecule has 2 rings (SSSR count). The minimum absolute atomic E-state index is 0.0219. The molecule has 118 valence electrons. The molecule has 22 heavy (non-hydrogen) atoms. The van der Waals surface area contributed by atoms with E-state index in [4.69, 9.17) is 10.5 Å². The second-order valence-electron chi connectivity index (χ2n) is 5.48. The summed E-state index contributed by atoms with van der Waals surface area (Å²) in [4.78, 5) is 25.2. The van der Waals surface area contributed by atoms with Gasteiger partial charge in [0.15, 0.2) is 0 Å². The summed E-state index contributed by atoms with van der Waals surface area (Å²) in [7, 11) is 1.60.